The molecule has 0 radical (unpaired) electrons. The zero-order chi connectivity index (χ0) is 23.6. The fraction of sp³-hybridized carbons (Fsp3) is 0.231. The number of hydrogen-bond acceptors (Lipinski definition) is 6. The van der Waals surface area contributed by atoms with Crippen molar-refractivity contribution < 1.29 is 19.4 Å². The number of ketones is 1. The topological polar surface area (TPSA) is 98.6 Å². The molecule has 8 heteroatoms. The first kappa shape index (κ1) is 21.0. The Labute approximate surface area is 200 Å². The van der Waals surface area contributed by atoms with Crippen molar-refractivity contribution in [3.05, 3.63) is 87.7 Å². The van der Waals surface area contributed by atoms with Crippen LogP contribution in [0.5, 0.6) is 5.75 Å². The van der Waals surface area contributed by atoms with Crippen molar-refractivity contribution in [3.63, 3.8) is 0 Å². The number of para-hydroxylation sites is 1. The monoisotopic (exact) mass is 473 g/mol. The summed E-state index contributed by atoms with van der Waals surface area (Å²) in [4.78, 5) is 18.8. The number of Topliss-reactive ketones (excluding diaryl/α,β-unsaturated/α-hetero) is 1. The number of nitrogens with one attached hydrogen (secondary N) is 1. The lowest BCUT2D eigenvalue weighted by molar-refractivity contribution is -0.406. The first-order valence-electron chi connectivity index (χ1n) is 11.0. The number of carbonyl (C=O) groups is 1. The van der Waals surface area contributed by atoms with Gasteiger partial charge in [0.25, 0.3) is 0 Å². The third kappa shape index (κ3) is 2.80. The molecule has 0 aliphatic carbocycles. The predicted octanol–water partition coefficient (Wildman–Crippen LogP) is 4.53. The second kappa shape index (κ2) is 7.47. The number of phenolic OH excluding ortho intramolecular Hbond substituents is 1. The molecule has 6 rings (SSSR count). The van der Waals surface area contributed by atoms with E-state index in [9.17, 15) is 15.2 Å². The number of aromatic hydroxyl groups is 1. The number of rotatable bonds is 3. The van der Waals surface area contributed by atoms with Crippen LogP contribution in [0, 0.1) is 11.3 Å². The lowest BCUT2D eigenvalue weighted by atomic mass is 9.75. The molecular weight excluding hydrogens is 454 g/mol. The van der Waals surface area contributed by atoms with Crippen LogP contribution in [0.3, 0.4) is 0 Å². The Morgan fingerprint density at radius 2 is 2.09 bits per heavy atom. The molecule has 4 heterocycles. The normalized spacial score (nSPS) is 25.5. The number of nitriles is 1. The van der Waals surface area contributed by atoms with E-state index < -0.39 is 23.9 Å². The van der Waals surface area contributed by atoms with Gasteiger partial charge in [-0.25, -0.2) is 0 Å². The number of hydrogen-bond donors (Lipinski definition) is 2. The fourth-order valence-corrected chi connectivity index (χ4v) is 5.46. The molecule has 34 heavy (non-hydrogen) atoms. The number of ether oxygens (including phenoxy) is 2. The molecule has 2 aromatic carbocycles. The smallest absolute Gasteiger partial charge is 0.198 e. The summed E-state index contributed by atoms with van der Waals surface area (Å²) in [6.45, 7) is 2.35. The Balaban J connectivity index is 1.54. The predicted molar refractivity (Wildman–Crippen MR) is 125 cm³/mol. The standard InChI is InChI=1S/C26H20ClN3O4/c1-14-33-25(34-14)26-16(12-28)10-15(23(32)20-11-17(27)6-7-22(20)31)13-30(26)9-8-19-18-4-2-3-5-21(18)29-24(19)26/h2-7,10-11,13-14,25,29,31H,8-9H2,1H3. The largest absolute Gasteiger partial charge is 0.507 e. The average molecular weight is 474 g/mol. The number of aromatic amines is 1. The maximum Gasteiger partial charge on any atom is 0.198 e. The fourth-order valence-electron chi connectivity index (χ4n) is 5.29. The van der Waals surface area contributed by atoms with E-state index in [1.807, 2.05) is 23.1 Å². The van der Waals surface area contributed by atoms with Gasteiger partial charge in [-0.05, 0) is 49.2 Å². The summed E-state index contributed by atoms with van der Waals surface area (Å²) in [5, 5.41) is 22.0. The van der Waals surface area contributed by atoms with E-state index in [2.05, 4.69) is 17.1 Å². The minimum atomic E-state index is -1.06. The van der Waals surface area contributed by atoms with E-state index >= 15 is 0 Å². The molecule has 0 bridgehead atoms. The van der Waals surface area contributed by atoms with Crippen molar-refractivity contribution in [1.82, 2.24) is 9.88 Å². The summed E-state index contributed by atoms with van der Waals surface area (Å²) in [5.41, 5.74) is 2.52. The highest BCUT2D eigenvalue weighted by molar-refractivity contribution is 6.31. The van der Waals surface area contributed by atoms with Gasteiger partial charge in [0.05, 0.1) is 22.9 Å². The van der Waals surface area contributed by atoms with Gasteiger partial charge in [0, 0.05) is 34.2 Å². The Kier molecular flexibility index (Phi) is 4.61. The van der Waals surface area contributed by atoms with E-state index in [4.69, 9.17) is 21.1 Å². The second-order valence-electron chi connectivity index (χ2n) is 8.65. The van der Waals surface area contributed by atoms with Crippen molar-refractivity contribution in [2.75, 3.05) is 6.54 Å². The highest BCUT2D eigenvalue weighted by Crippen LogP contribution is 2.51. The van der Waals surface area contributed by atoms with Crippen LogP contribution >= 0.6 is 11.6 Å². The number of allylic oxidation sites excluding steroid dienone is 2. The highest BCUT2D eigenvalue weighted by Gasteiger charge is 2.59. The summed E-state index contributed by atoms with van der Waals surface area (Å²) < 4.78 is 12.0. The number of halogens is 1. The number of aromatic nitrogens is 1. The maximum absolute atomic E-state index is 13.4. The Hall–Kier alpha value is -3.57. The van der Waals surface area contributed by atoms with Crippen LogP contribution < -0.4 is 0 Å². The first-order valence-corrected chi connectivity index (χ1v) is 11.4. The Morgan fingerprint density at radius 3 is 2.85 bits per heavy atom. The van der Waals surface area contributed by atoms with Gasteiger partial charge in [0.1, 0.15) is 5.75 Å². The molecule has 0 spiro atoms. The number of benzene rings is 2. The van der Waals surface area contributed by atoms with Crippen molar-refractivity contribution in [2.24, 2.45) is 0 Å². The van der Waals surface area contributed by atoms with Gasteiger partial charge in [0.2, 0.25) is 0 Å². The van der Waals surface area contributed by atoms with Crippen LogP contribution in [-0.2, 0) is 21.4 Å². The van der Waals surface area contributed by atoms with Crippen LogP contribution in [0.4, 0.5) is 0 Å². The summed E-state index contributed by atoms with van der Waals surface area (Å²) in [7, 11) is 0. The van der Waals surface area contributed by atoms with Crippen LogP contribution in [0.1, 0.15) is 28.5 Å². The molecule has 2 N–H and O–H groups in total. The highest BCUT2D eigenvalue weighted by atomic mass is 35.5. The van der Waals surface area contributed by atoms with E-state index in [-0.39, 0.29) is 16.9 Å². The molecule has 1 unspecified atom stereocenters. The van der Waals surface area contributed by atoms with Crippen molar-refractivity contribution >= 4 is 28.3 Å². The third-order valence-electron chi connectivity index (χ3n) is 6.81. The van der Waals surface area contributed by atoms with Crippen LogP contribution in [0.25, 0.3) is 10.9 Å². The van der Waals surface area contributed by atoms with Gasteiger partial charge in [-0.1, -0.05) is 29.8 Å². The molecule has 0 amide bonds. The summed E-state index contributed by atoms with van der Waals surface area (Å²) >= 11 is 6.07. The zero-order valence-electron chi connectivity index (χ0n) is 18.2. The number of H-pyrrole nitrogens is 1. The third-order valence-corrected chi connectivity index (χ3v) is 7.05. The van der Waals surface area contributed by atoms with Gasteiger partial charge in [-0.3, -0.25) is 4.79 Å². The van der Waals surface area contributed by atoms with Gasteiger partial charge >= 0.3 is 0 Å². The molecule has 1 fully saturated rings. The van der Waals surface area contributed by atoms with E-state index in [0.29, 0.717) is 23.6 Å². The average Bonchev–Trinajstić information content (AvgIpc) is 3.21. The van der Waals surface area contributed by atoms with E-state index in [0.717, 1.165) is 22.2 Å². The molecule has 170 valence electrons. The molecule has 3 aromatic rings. The Morgan fingerprint density at radius 1 is 1.29 bits per heavy atom. The molecule has 0 saturated carbocycles. The maximum atomic E-state index is 13.4. The second-order valence-corrected chi connectivity index (χ2v) is 9.09. The van der Waals surface area contributed by atoms with Crippen molar-refractivity contribution in [3.8, 4) is 11.8 Å². The lowest BCUT2D eigenvalue weighted by Crippen LogP contribution is -2.64. The first-order chi connectivity index (χ1) is 16.4. The minimum absolute atomic E-state index is 0.0767. The zero-order valence-corrected chi connectivity index (χ0v) is 19.0. The van der Waals surface area contributed by atoms with Crippen LogP contribution in [-0.4, -0.2) is 39.9 Å². The van der Waals surface area contributed by atoms with E-state index in [1.54, 1.807) is 19.2 Å². The molecule has 3 aliphatic heterocycles. The van der Waals surface area contributed by atoms with E-state index in [1.165, 1.54) is 18.2 Å². The molecule has 7 nitrogen and oxygen atoms in total. The molecule has 1 aromatic heterocycles. The quantitative estimate of drug-likeness (QED) is 0.542. The minimum Gasteiger partial charge on any atom is -0.507 e. The molecule has 1 atom stereocenters. The van der Waals surface area contributed by atoms with Gasteiger partial charge in [-0.2, -0.15) is 5.26 Å². The number of carbonyl (C=O) groups excluding carboxylic acids is 1. The summed E-state index contributed by atoms with van der Waals surface area (Å²) in [6.07, 6.45) is 2.88. The Bertz CT molecular complexity index is 1460. The van der Waals surface area contributed by atoms with Crippen molar-refractivity contribution in [2.45, 2.75) is 31.5 Å². The summed E-state index contributed by atoms with van der Waals surface area (Å²) in [5.74, 6) is -0.595. The lowest BCUT2D eigenvalue weighted by Gasteiger charge is -2.55. The summed E-state index contributed by atoms with van der Waals surface area (Å²) in [6, 6.07) is 14.6. The molecule has 3 aliphatic rings. The molecule has 1 saturated heterocycles. The van der Waals surface area contributed by atoms with Gasteiger partial charge in [0.15, 0.2) is 23.9 Å². The number of nitrogens with zero attached hydrogens (tertiary/aromatic N) is 2. The van der Waals surface area contributed by atoms with Gasteiger partial charge < -0.3 is 24.5 Å². The number of fused-ring (bicyclic) bond motifs is 5. The van der Waals surface area contributed by atoms with Crippen LogP contribution in [0.2, 0.25) is 5.02 Å². The SMILES string of the molecule is CC1OC(C23C(C#N)=CC(C(=O)c4cc(Cl)ccc4O)=CN2CCc2c3[nH]c3ccccc23)O1. The molecular formula is C26H20ClN3O4. The van der Waals surface area contributed by atoms with Gasteiger partial charge in [-0.15, -0.1) is 0 Å². The van der Waals surface area contributed by atoms with Crippen LogP contribution in [0.15, 0.2) is 65.9 Å². The number of phenols is 1. The van der Waals surface area contributed by atoms with Crippen molar-refractivity contribution in [1.29, 1.82) is 5.26 Å².